The number of primary amides is 1. The van der Waals surface area contributed by atoms with E-state index in [-0.39, 0.29) is 17.4 Å². The fourth-order valence-electron chi connectivity index (χ4n) is 3.49. The number of hydrogen-bond acceptors (Lipinski definition) is 4. The van der Waals surface area contributed by atoms with Crippen LogP contribution in [0.25, 0.3) is 11.1 Å². The Hall–Kier alpha value is -3.39. The molecule has 0 spiro atoms. The number of carboxylic acid groups (broad SMARTS) is 1. The van der Waals surface area contributed by atoms with Gasteiger partial charge in [0.15, 0.2) is 0 Å². The van der Waals surface area contributed by atoms with Gasteiger partial charge in [0.1, 0.15) is 0 Å². The molecule has 40 heavy (non-hydrogen) atoms. The molecule has 1 aliphatic heterocycles. The number of carbonyl (C=O) groups excluding carboxylic acids is 2. The van der Waals surface area contributed by atoms with Crippen LogP contribution in [0.3, 0.4) is 0 Å². The van der Waals surface area contributed by atoms with Crippen LogP contribution in [-0.2, 0) is 9.59 Å². The van der Waals surface area contributed by atoms with E-state index in [1.54, 1.807) is 0 Å². The number of nitrogens with two attached hydrogens (primary N) is 1. The number of aliphatic hydroxyl groups excluding tert-OH is 1. The van der Waals surface area contributed by atoms with Gasteiger partial charge in [0.05, 0.1) is 0 Å². The Morgan fingerprint density at radius 2 is 1.30 bits per heavy atom. The molecule has 0 aliphatic carbocycles. The number of hydrogen-bond donors (Lipinski definition) is 4. The molecule has 3 rings (SSSR count). The molecule has 5 N–H and O–H groups in total. The second kappa shape index (κ2) is 23.5. The average molecular weight is 562 g/mol. The molecule has 1 aliphatic rings. The first-order valence-corrected chi connectivity index (χ1v) is 13.7. The van der Waals surface area contributed by atoms with E-state index < -0.39 is 6.03 Å². The molecule has 2 aromatic rings. The molecule has 0 unspecified atom stereocenters. The molecule has 2 aromatic carbocycles. The largest absolute Gasteiger partial charge is 0.483 e. The van der Waals surface area contributed by atoms with Crippen molar-refractivity contribution >= 4 is 18.4 Å². The van der Waals surface area contributed by atoms with Crippen molar-refractivity contribution in [2.75, 3.05) is 13.7 Å². The predicted molar refractivity (Wildman–Crippen MR) is 167 cm³/mol. The van der Waals surface area contributed by atoms with Crippen LogP contribution in [0.15, 0.2) is 60.7 Å². The number of rotatable bonds is 2. The number of likely N-dealkylation sites (tertiary alicyclic amines) is 1. The second-order valence-electron chi connectivity index (χ2n) is 10.9. The van der Waals surface area contributed by atoms with E-state index >= 15 is 0 Å². The van der Waals surface area contributed by atoms with E-state index in [1.165, 1.54) is 24.0 Å². The van der Waals surface area contributed by atoms with Crippen molar-refractivity contribution < 1.29 is 24.6 Å². The minimum Gasteiger partial charge on any atom is -0.483 e. The minimum absolute atomic E-state index is 0.124. The minimum atomic E-state index is -0.475. The van der Waals surface area contributed by atoms with Crippen LogP contribution in [0.4, 0.5) is 4.79 Å². The number of urea groups is 1. The molecule has 0 saturated carbocycles. The second-order valence-corrected chi connectivity index (χ2v) is 10.9. The Morgan fingerprint density at radius 3 is 1.52 bits per heavy atom. The van der Waals surface area contributed by atoms with Gasteiger partial charge >= 0.3 is 6.03 Å². The number of benzene rings is 2. The van der Waals surface area contributed by atoms with Gasteiger partial charge in [0.25, 0.3) is 6.47 Å². The lowest BCUT2D eigenvalue weighted by Gasteiger charge is -2.26. The zero-order chi connectivity index (χ0) is 31.8. The van der Waals surface area contributed by atoms with Crippen molar-refractivity contribution in [3.63, 3.8) is 0 Å². The van der Waals surface area contributed by atoms with Gasteiger partial charge in [-0.3, -0.25) is 9.59 Å². The smallest absolute Gasteiger partial charge is 0.312 e. The third-order valence-corrected chi connectivity index (χ3v) is 4.93. The van der Waals surface area contributed by atoms with Crippen molar-refractivity contribution in [2.24, 2.45) is 11.1 Å². The monoisotopic (exact) mass is 561 g/mol. The van der Waals surface area contributed by atoms with Crippen LogP contribution in [0.5, 0.6) is 0 Å². The first kappa shape index (κ1) is 41.1. The third kappa shape index (κ3) is 23.7. The molecule has 1 fully saturated rings. The molecule has 1 atom stereocenters. The maximum Gasteiger partial charge on any atom is 0.312 e. The SMILES string of the molecule is CC.CC(C)(C)NC(N)=O.CO.C[C@@H]1CCCN1C(=O)CC(C)(C)C.O=CO.c1ccc(-c2ccccc2)cc1. The van der Waals surface area contributed by atoms with Gasteiger partial charge in [-0.2, -0.15) is 0 Å². The van der Waals surface area contributed by atoms with Gasteiger partial charge in [-0.1, -0.05) is 95.3 Å². The zero-order valence-corrected chi connectivity index (χ0v) is 26.4. The summed E-state index contributed by atoms with van der Waals surface area (Å²) in [6, 6.07) is 20.8. The first-order valence-electron chi connectivity index (χ1n) is 13.7. The molecular weight excluding hydrogens is 506 g/mol. The maximum absolute atomic E-state index is 11.8. The molecular formula is C32H55N3O5. The Kier molecular flexibility index (Phi) is 24.1. The van der Waals surface area contributed by atoms with Crippen LogP contribution in [0.2, 0.25) is 0 Å². The highest BCUT2D eigenvalue weighted by molar-refractivity contribution is 5.77. The third-order valence-electron chi connectivity index (χ3n) is 4.93. The standard InChI is InChI=1S/C12H10.C11H21NO.C5H12N2O.C2H6.CH2O2.CH4O/c1-3-7-11(8-4-1)12-9-5-2-6-10-12;1-9-6-5-7-12(9)10(13)8-11(2,3)4;1-5(2,3)7-4(6)8;1-2;2-1-3;1-2/h1-10H;9H,5-8H2,1-4H3;1-3H3,(H3,6,7,8);1-2H3;1H,(H,2,3);2H,1H3/t;9-;;;;/m.1..../s1. The normalized spacial score (nSPS) is 13.4. The Labute approximate surface area is 243 Å². The van der Waals surface area contributed by atoms with Crippen molar-refractivity contribution in [3.05, 3.63) is 60.7 Å². The summed E-state index contributed by atoms with van der Waals surface area (Å²) in [6.07, 6.45) is 3.03. The molecule has 8 heteroatoms. The number of amides is 3. The Balaban J connectivity index is -0.000000470. The zero-order valence-electron chi connectivity index (χ0n) is 26.4. The molecule has 3 amide bonds. The highest BCUT2D eigenvalue weighted by atomic mass is 16.3. The number of carbonyl (C=O) groups is 3. The maximum atomic E-state index is 11.8. The summed E-state index contributed by atoms with van der Waals surface area (Å²) in [5.74, 6) is 0.331. The van der Waals surface area contributed by atoms with Gasteiger partial charge in [0, 0.05) is 31.7 Å². The average Bonchev–Trinajstić information content (AvgIpc) is 3.32. The van der Waals surface area contributed by atoms with Gasteiger partial charge in [0.2, 0.25) is 5.91 Å². The molecule has 0 aromatic heterocycles. The summed E-state index contributed by atoms with van der Waals surface area (Å²) in [7, 11) is 1.00. The van der Waals surface area contributed by atoms with Crippen molar-refractivity contribution in [1.29, 1.82) is 0 Å². The predicted octanol–water partition coefficient (Wildman–Crippen LogP) is 6.58. The van der Waals surface area contributed by atoms with Gasteiger partial charge in [-0.25, -0.2) is 4.79 Å². The quantitative estimate of drug-likeness (QED) is 0.308. The van der Waals surface area contributed by atoms with E-state index in [0.717, 1.165) is 13.7 Å². The number of nitrogens with zero attached hydrogens (tertiary/aromatic N) is 1. The van der Waals surface area contributed by atoms with Gasteiger partial charge in [-0.05, 0) is 57.1 Å². The summed E-state index contributed by atoms with van der Waals surface area (Å²) in [4.78, 5) is 32.3. The number of nitrogens with one attached hydrogen (secondary N) is 1. The van der Waals surface area contributed by atoms with E-state index in [2.05, 4.69) is 81.5 Å². The fraction of sp³-hybridized carbons (Fsp3) is 0.531. The number of aliphatic hydroxyl groups is 1. The van der Waals surface area contributed by atoms with E-state index in [0.29, 0.717) is 18.4 Å². The van der Waals surface area contributed by atoms with E-state index in [4.69, 9.17) is 20.7 Å². The van der Waals surface area contributed by atoms with Crippen molar-refractivity contribution in [2.45, 2.75) is 93.2 Å². The molecule has 0 bridgehead atoms. The summed E-state index contributed by atoms with van der Waals surface area (Å²) >= 11 is 0. The lowest BCUT2D eigenvalue weighted by Crippen LogP contribution is -2.43. The van der Waals surface area contributed by atoms with E-state index in [1.807, 2.05) is 51.7 Å². The lowest BCUT2D eigenvalue weighted by atomic mass is 9.91. The van der Waals surface area contributed by atoms with Crippen molar-refractivity contribution in [3.8, 4) is 11.1 Å². The summed E-state index contributed by atoms with van der Waals surface area (Å²) < 4.78 is 0. The van der Waals surface area contributed by atoms with Crippen molar-refractivity contribution in [1.82, 2.24) is 10.2 Å². The Bertz CT molecular complexity index is 855. The van der Waals surface area contributed by atoms with Gasteiger partial charge in [-0.15, -0.1) is 0 Å². The molecule has 1 heterocycles. The fourth-order valence-corrected chi connectivity index (χ4v) is 3.49. The molecule has 1 saturated heterocycles. The highest BCUT2D eigenvalue weighted by Crippen LogP contribution is 2.24. The molecule has 228 valence electrons. The van der Waals surface area contributed by atoms with Crippen LogP contribution >= 0.6 is 0 Å². The van der Waals surface area contributed by atoms with E-state index in [9.17, 15) is 9.59 Å². The summed E-state index contributed by atoms with van der Waals surface area (Å²) in [6.45, 7) is 18.8. The summed E-state index contributed by atoms with van der Waals surface area (Å²) in [5.41, 5.74) is 7.30. The molecule has 0 radical (unpaired) electrons. The lowest BCUT2D eigenvalue weighted by molar-refractivity contribution is -0.133. The highest BCUT2D eigenvalue weighted by Gasteiger charge is 2.27. The summed E-state index contributed by atoms with van der Waals surface area (Å²) in [5, 5.41) is 16.4. The van der Waals surface area contributed by atoms with Crippen LogP contribution in [0, 0.1) is 5.41 Å². The van der Waals surface area contributed by atoms with Gasteiger partial charge < -0.3 is 26.2 Å². The Morgan fingerprint density at radius 1 is 0.925 bits per heavy atom. The topological polar surface area (TPSA) is 133 Å². The van der Waals surface area contributed by atoms with Crippen LogP contribution < -0.4 is 11.1 Å². The van der Waals surface area contributed by atoms with Crippen LogP contribution in [0.1, 0.15) is 81.6 Å². The molecule has 8 nitrogen and oxygen atoms in total. The van der Waals surface area contributed by atoms with Crippen LogP contribution in [-0.4, -0.2) is 58.8 Å². The first-order chi connectivity index (χ1) is 18.7.